The number of aromatic nitrogens is 4. The van der Waals surface area contributed by atoms with Gasteiger partial charge in [0.15, 0.2) is 17.5 Å². The lowest BCUT2D eigenvalue weighted by molar-refractivity contribution is -0.137. The second-order valence-corrected chi connectivity index (χ2v) is 7.15. The van der Waals surface area contributed by atoms with E-state index >= 15 is 0 Å². The van der Waals surface area contributed by atoms with Crippen LogP contribution in [0, 0.1) is 5.82 Å². The number of morpholine rings is 1. The molecular formula is C19H20ClFN6O2. The molecule has 0 spiro atoms. The number of pyridine rings is 1. The van der Waals surface area contributed by atoms with E-state index in [2.05, 4.69) is 25.3 Å². The van der Waals surface area contributed by atoms with E-state index in [1.807, 2.05) is 6.92 Å². The number of nitrogens with zero attached hydrogens (tertiary/aromatic N) is 4. The summed E-state index contributed by atoms with van der Waals surface area (Å²) in [5.41, 5.74) is 1.31. The first kappa shape index (κ1) is 19.5. The minimum atomic E-state index is -0.568. The molecule has 0 bridgehead atoms. The third-order valence-electron chi connectivity index (χ3n) is 4.77. The zero-order valence-corrected chi connectivity index (χ0v) is 16.5. The fourth-order valence-electron chi connectivity index (χ4n) is 3.29. The summed E-state index contributed by atoms with van der Waals surface area (Å²) >= 11 is 6.04. The Morgan fingerprint density at radius 3 is 3.14 bits per heavy atom. The monoisotopic (exact) mass is 418 g/mol. The molecule has 1 atom stereocenters. The van der Waals surface area contributed by atoms with Crippen LogP contribution in [0.3, 0.4) is 0 Å². The maximum absolute atomic E-state index is 14.3. The van der Waals surface area contributed by atoms with Crippen molar-refractivity contribution in [2.45, 2.75) is 19.4 Å². The highest BCUT2D eigenvalue weighted by atomic mass is 35.5. The Bertz CT molecular complexity index is 1040. The van der Waals surface area contributed by atoms with Gasteiger partial charge in [0.1, 0.15) is 5.65 Å². The number of hydrogen-bond acceptors (Lipinski definition) is 6. The zero-order valence-electron chi connectivity index (χ0n) is 15.8. The average molecular weight is 419 g/mol. The van der Waals surface area contributed by atoms with Crippen molar-refractivity contribution in [1.82, 2.24) is 24.8 Å². The molecule has 10 heteroatoms. The molecule has 1 unspecified atom stereocenters. The highest BCUT2D eigenvalue weighted by molar-refractivity contribution is 6.31. The molecule has 29 heavy (non-hydrogen) atoms. The SMILES string of the molecule is CCC(=O)N1CCOC(CNc2nc(-c3c[nH]c4ncc(Cl)cc34)ncc2F)C1. The Morgan fingerprint density at radius 1 is 1.45 bits per heavy atom. The van der Waals surface area contributed by atoms with E-state index in [9.17, 15) is 9.18 Å². The summed E-state index contributed by atoms with van der Waals surface area (Å²) in [7, 11) is 0. The fourth-order valence-corrected chi connectivity index (χ4v) is 3.45. The summed E-state index contributed by atoms with van der Waals surface area (Å²) in [5, 5.41) is 4.22. The summed E-state index contributed by atoms with van der Waals surface area (Å²) in [6, 6.07) is 1.75. The topological polar surface area (TPSA) is 96.0 Å². The molecule has 0 radical (unpaired) electrons. The van der Waals surface area contributed by atoms with Gasteiger partial charge < -0.3 is 19.9 Å². The first-order valence-corrected chi connectivity index (χ1v) is 9.71. The number of hydrogen-bond donors (Lipinski definition) is 2. The number of rotatable bonds is 5. The van der Waals surface area contributed by atoms with E-state index in [1.165, 1.54) is 0 Å². The van der Waals surface area contributed by atoms with Gasteiger partial charge in [-0.05, 0) is 6.07 Å². The van der Waals surface area contributed by atoms with Crippen molar-refractivity contribution >= 4 is 34.4 Å². The Balaban J connectivity index is 1.51. The predicted octanol–water partition coefficient (Wildman–Crippen LogP) is 2.86. The molecule has 3 aromatic heterocycles. The van der Waals surface area contributed by atoms with Gasteiger partial charge in [-0.1, -0.05) is 18.5 Å². The summed E-state index contributed by atoms with van der Waals surface area (Å²) < 4.78 is 20.0. The van der Waals surface area contributed by atoms with E-state index in [4.69, 9.17) is 16.3 Å². The smallest absolute Gasteiger partial charge is 0.222 e. The lowest BCUT2D eigenvalue weighted by Gasteiger charge is -2.33. The van der Waals surface area contributed by atoms with Gasteiger partial charge >= 0.3 is 0 Å². The number of fused-ring (bicyclic) bond motifs is 1. The number of nitrogens with one attached hydrogen (secondary N) is 2. The number of amides is 1. The van der Waals surface area contributed by atoms with Gasteiger partial charge in [0, 0.05) is 49.4 Å². The van der Waals surface area contributed by atoms with Crippen molar-refractivity contribution in [2.75, 3.05) is 31.6 Å². The number of H-pyrrole nitrogens is 1. The lowest BCUT2D eigenvalue weighted by atomic mass is 10.2. The Morgan fingerprint density at radius 2 is 2.31 bits per heavy atom. The van der Waals surface area contributed by atoms with Crippen LogP contribution in [-0.4, -0.2) is 63.1 Å². The summed E-state index contributed by atoms with van der Waals surface area (Å²) in [6.07, 6.45) is 4.58. The molecule has 1 aliphatic rings. The van der Waals surface area contributed by atoms with Crippen LogP contribution in [0.1, 0.15) is 13.3 Å². The van der Waals surface area contributed by atoms with Crippen LogP contribution in [0.5, 0.6) is 0 Å². The summed E-state index contributed by atoms with van der Waals surface area (Å²) in [4.78, 5) is 29.3. The fraction of sp³-hybridized carbons (Fsp3) is 0.368. The molecule has 1 saturated heterocycles. The van der Waals surface area contributed by atoms with Crippen LogP contribution in [0.25, 0.3) is 22.4 Å². The molecule has 4 heterocycles. The lowest BCUT2D eigenvalue weighted by Crippen LogP contribution is -2.47. The second kappa shape index (κ2) is 8.30. The quantitative estimate of drug-likeness (QED) is 0.661. The molecule has 0 saturated carbocycles. The van der Waals surface area contributed by atoms with Crippen molar-refractivity contribution in [2.24, 2.45) is 0 Å². The highest BCUT2D eigenvalue weighted by Gasteiger charge is 2.23. The van der Waals surface area contributed by atoms with Crippen molar-refractivity contribution < 1.29 is 13.9 Å². The van der Waals surface area contributed by atoms with Gasteiger partial charge in [0.25, 0.3) is 0 Å². The first-order chi connectivity index (χ1) is 14.0. The van der Waals surface area contributed by atoms with Gasteiger partial charge in [-0.2, -0.15) is 0 Å². The number of ether oxygens (including phenoxy) is 1. The molecule has 8 nitrogen and oxygen atoms in total. The molecule has 1 fully saturated rings. The summed E-state index contributed by atoms with van der Waals surface area (Å²) in [5.74, 6) is -0.0686. The van der Waals surface area contributed by atoms with Crippen LogP contribution in [0.4, 0.5) is 10.2 Å². The van der Waals surface area contributed by atoms with E-state index < -0.39 is 5.82 Å². The Kier molecular flexibility index (Phi) is 5.59. The summed E-state index contributed by atoms with van der Waals surface area (Å²) in [6.45, 7) is 3.65. The van der Waals surface area contributed by atoms with Crippen LogP contribution in [-0.2, 0) is 9.53 Å². The number of carbonyl (C=O) groups excluding carboxylic acids is 1. The molecule has 3 aromatic rings. The van der Waals surface area contributed by atoms with Crippen molar-refractivity contribution in [3.8, 4) is 11.4 Å². The molecule has 1 aliphatic heterocycles. The Hall–Kier alpha value is -2.78. The van der Waals surface area contributed by atoms with Crippen LogP contribution in [0.2, 0.25) is 5.02 Å². The standard InChI is InChI=1S/C19H20ClFN6O2/c1-2-16(28)27-3-4-29-12(10-27)7-23-19-15(21)9-25-18(26-19)14-8-24-17-13(14)5-11(20)6-22-17/h5-6,8-9,12H,2-4,7,10H2,1H3,(H,22,24)(H,23,25,26). The number of carbonyl (C=O) groups is 1. The molecule has 0 aliphatic carbocycles. The number of anilines is 1. The molecule has 2 N–H and O–H groups in total. The number of aromatic amines is 1. The highest BCUT2D eigenvalue weighted by Crippen LogP contribution is 2.28. The van der Waals surface area contributed by atoms with Gasteiger partial charge in [-0.3, -0.25) is 4.79 Å². The first-order valence-electron chi connectivity index (χ1n) is 9.34. The Labute approximate surface area is 171 Å². The van der Waals surface area contributed by atoms with Crippen LogP contribution in [0.15, 0.2) is 24.7 Å². The number of halogens is 2. The van der Waals surface area contributed by atoms with E-state index in [0.717, 1.165) is 11.6 Å². The predicted molar refractivity (Wildman–Crippen MR) is 107 cm³/mol. The maximum Gasteiger partial charge on any atom is 0.222 e. The van der Waals surface area contributed by atoms with E-state index in [0.29, 0.717) is 54.7 Å². The largest absolute Gasteiger partial charge is 0.373 e. The third-order valence-corrected chi connectivity index (χ3v) is 4.98. The molecule has 152 valence electrons. The van der Waals surface area contributed by atoms with Crippen LogP contribution < -0.4 is 5.32 Å². The maximum atomic E-state index is 14.3. The van der Waals surface area contributed by atoms with Crippen molar-refractivity contribution in [1.29, 1.82) is 0 Å². The van der Waals surface area contributed by atoms with Gasteiger partial charge in [-0.15, -0.1) is 0 Å². The normalized spacial score (nSPS) is 16.9. The third kappa shape index (κ3) is 4.15. The van der Waals surface area contributed by atoms with Gasteiger partial charge in [0.05, 0.1) is 23.9 Å². The van der Waals surface area contributed by atoms with Gasteiger partial charge in [0.2, 0.25) is 5.91 Å². The second-order valence-electron chi connectivity index (χ2n) is 6.71. The van der Waals surface area contributed by atoms with Crippen LogP contribution >= 0.6 is 11.6 Å². The minimum Gasteiger partial charge on any atom is -0.373 e. The van der Waals surface area contributed by atoms with Crippen molar-refractivity contribution in [3.05, 3.63) is 35.5 Å². The molecule has 4 rings (SSSR count). The average Bonchev–Trinajstić information content (AvgIpc) is 3.16. The molecular weight excluding hydrogens is 399 g/mol. The molecule has 0 aromatic carbocycles. The minimum absolute atomic E-state index is 0.0712. The van der Waals surface area contributed by atoms with Crippen molar-refractivity contribution in [3.63, 3.8) is 0 Å². The van der Waals surface area contributed by atoms with E-state index in [1.54, 1.807) is 23.4 Å². The molecule has 1 amide bonds. The van der Waals surface area contributed by atoms with E-state index in [-0.39, 0.29) is 17.8 Å². The zero-order chi connectivity index (χ0) is 20.4. The van der Waals surface area contributed by atoms with Gasteiger partial charge in [-0.25, -0.2) is 19.3 Å².